The van der Waals surface area contributed by atoms with E-state index in [9.17, 15) is 4.79 Å². The third kappa shape index (κ3) is 2.38. The first-order chi connectivity index (χ1) is 8.20. The Morgan fingerprint density at radius 1 is 1.53 bits per heavy atom. The highest BCUT2D eigenvalue weighted by atomic mass is 32.1. The number of benzene rings is 1. The van der Waals surface area contributed by atoms with Gasteiger partial charge in [0, 0.05) is 5.69 Å². The van der Waals surface area contributed by atoms with Crippen LogP contribution in [0.15, 0.2) is 24.4 Å². The fourth-order valence-corrected chi connectivity index (χ4v) is 1.62. The van der Waals surface area contributed by atoms with Crippen molar-refractivity contribution in [2.24, 2.45) is 0 Å². The minimum absolute atomic E-state index is 0.316. The van der Waals surface area contributed by atoms with Crippen LogP contribution in [0.2, 0.25) is 0 Å². The highest BCUT2D eigenvalue weighted by Crippen LogP contribution is 2.19. The molecule has 0 bridgehead atoms. The first kappa shape index (κ1) is 11.0. The summed E-state index contributed by atoms with van der Waals surface area (Å²) in [7, 11) is 0. The van der Waals surface area contributed by atoms with Crippen LogP contribution >= 0.6 is 11.5 Å². The molecule has 0 saturated carbocycles. The summed E-state index contributed by atoms with van der Waals surface area (Å²) in [4.78, 5) is 12.1. The molecule has 7 heteroatoms. The lowest BCUT2D eigenvalue weighted by molar-refractivity contribution is 0.103. The van der Waals surface area contributed by atoms with Gasteiger partial charge in [-0.25, -0.2) is 0 Å². The minimum atomic E-state index is -0.346. The van der Waals surface area contributed by atoms with E-state index >= 15 is 0 Å². The van der Waals surface area contributed by atoms with E-state index in [1.165, 1.54) is 12.3 Å². The van der Waals surface area contributed by atoms with Crippen LogP contribution in [0.4, 0.5) is 11.4 Å². The predicted molar refractivity (Wildman–Crippen MR) is 63.4 cm³/mol. The summed E-state index contributed by atoms with van der Waals surface area (Å²) in [5.74, 6) is -0.346. The van der Waals surface area contributed by atoms with Crippen LogP contribution in [0.25, 0.3) is 0 Å². The van der Waals surface area contributed by atoms with Crippen molar-refractivity contribution in [3.05, 3.63) is 34.8 Å². The lowest BCUT2D eigenvalue weighted by Crippen LogP contribution is -2.11. The van der Waals surface area contributed by atoms with E-state index in [4.69, 9.17) is 11.0 Å². The van der Waals surface area contributed by atoms with Crippen molar-refractivity contribution in [2.75, 3.05) is 11.1 Å². The molecule has 0 aliphatic carbocycles. The van der Waals surface area contributed by atoms with Crippen molar-refractivity contribution in [3.8, 4) is 6.07 Å². The number of nitrogens with one attached hydrogen (secondary N) is 1. The van der Waals surface area contributed by atoms with Crippen molar-refractivity contribution >= 4 is 28.8 Å². The molecule has 0 saturated heterocycles. The van der Waals surface area contributed by atoms with E-state index in [1.54, 1.807) is 12.1 Å². The van der Waals surface area contributed by atoms with E-state index in [-0.39, 0.29) is 5.91 Å². The summed E-state index contributed by atoms with van der Waals surface area (Å²) < 4.78 is 3.59. The molecular formula is C10H7N5OS. The molecule has 84 valence electrons. The van der Waals surface area contributed by atoms with E-state index in [0.29, 0.717) is 21.8 Å². The van der Waals surface area contributed by atoms with Crippen LogP contribution in [-0.2, 0) is 0 Å². The molecule has 3 N–H and O–H groups in total. The fraction of sp³-hybridized carbons (Fsp3) is 0. The number of anilines is 2. The maximum absolute atomic E-state index is 11.7. The number of nitrogens with zero attached hydrogens (tertiary/aromatic N) is 3. The van der Waals surface area contributed by atoms with Crippen molar-refractivity contribution in [1.29, 1.82) is 5.26 Å². The first-order valence-electron chi connectivity index (χ1n) is 4.59. The highest BCUT2D eigenvalue weighted by Gasteiger charge is 2.11. The van der Waals surface area contributed by atoms with Gasteiger partial charge >= 0.3 is 0 Å². The van der Waals surface area contributed by atoms with Gasteiger partial charge in [-0.1, -0.05) is 4.49 Å². The van der Waals surface area contributed by atoms with Gasteiger partial charge in [0.05, 0.1) is 17.4 Å². The molecule has 2 aromatic rings. The second-order valence-corrected chi connectivity index (χ2v) is 3.94. The zero-order valence-corrected chi connectivity index (χ0v) is 9.36. The van der Waals surface area contributed by atoms with Gasteiger partial charge in [-0.2, -0.15) is 5.26 Å². The maximum Gasteiger partial charge on any atom is 0.269 e. The smallest absolute Gasteiger partial charge is 0.269 e. The van der Waals surface area contributed by atoms with Crippen molar-refractivity contribution < 1.29 is 4.79 Å². The number of amides is 1. The van der Waals surface area contributed by atoms with Gasteiger partial charge < -0.3 is 11.1 Å². The summed E-state index contributed by atoms with van der Waals surface area (Å²) in [6.45, 7) is 0. The monoisotopic (exact) mass is 245 g/mol. The Labute approximate surface area is 101 Å². The van der Waals surface area contributed by atoms with Gasteiger partial charge in [0.1, 0.15) is 10.9 Å². The molecular weight excluding hydrogens is 238 g/mol. The Balaban J connectivity index is 2.25. The molecule has 1 heterocycles. The largest absolute Gasteiger partial charge is 0.399 e. The number of nitrogen functional groups attached to an aromatic ring is 1. The highest BCUT2D eigenvalue weighted by molar-refractivity contribution is 7.07. The van der Waals surface area contributed by atoms with Gasteiger partial charge in [-0.15, -0.1) is 5.10 Å². The Bertz CT molecular complexity index is 587. The zero-order valence-electron chi connectivity index (χ0n) is 8.54. The summed E-state index contributed by atoms with van der Waals surface area (Å²) in [5.41, 5.74) is 6.75. The molecule has 1 aromatic carbocycles. The number of hydrogen-bond acceptors (Lipinski definition) is 6. The number of hydrogen-bond donors (Lipinski definition) is 2. The summed E-state index contributed by atoms with van der Waals surface area (Å²) >= 11 is 0.986. The molecule has 0 unspecified atom stereocenters. The quantitative estimate of drug-likeness (QED) is 0.774. The lowest BCUT2D eigenvalue weighted by atomic mass is 10.1. The molecule has 2 rings (SSSR count). The molecule has 1 aromatic heterocycles. The van der Waals surface area contributed by atoms with Crippen LogP contribution in [0, 0.1) is 11.3 Å². The lowest BCUT2D eigenvalue weighted by Gasteiger charge is -2.05. The molecule has 0 aliphatic heterocycles. The second-order valence-electron chi connectivity index (χ2n) is 3.15. The molecule has 0 atom stereocenters. The minimum Gasteiger partial charge on any atom is -0.399 e. The molecule has 1 amide bonds. The van der Waals surface area contributed by atoms with Crippen LogP contribution in [0.5, 0.6) is 0 Å². The van der Waals surface area contributed by atoms with Gasteiger partial charge in [-0.3, -0.25) is 4.79 Å². The average Bonchev–Trinajstić information content (AvgIpc) is 2.85. The molecule has 6 nitrogen and oxygen atoms in total. The molecule has 0 aliphatic rings. The summed E-state index contributed by atoms with van der Waals surface area (Å²) in [6, 6.07) is 6.66. The van der Waals surface area contributed by atoms with Crippen LogP contribution in [0.3, 0.4) is 0 Å². The topological polar surface area (TPSA) is 105 Å². The molecule has 0 fully saturated rings. The Morgan fingerprint density at radius 3 is 3.00 bits per heavy atom. The van der Waals surface area contributed by atoms with E-state index in [1.807, 2.05) is 6.07 Å². The van der Waals surface area contributed by atoms with Crippen LogP contribution in [-0.4, -0.2) is 15.5 Å². The number of nitriles is 1. The normalized spacial score (nSPS) is 9.59. The number of nitrogens with two attached hydrogens (primary N) is 1. The maximum atomic E-state index is 11.7. The molecule has 17 heavy (non-hydrogen) atoms. The van der Waals surface area contributed by atoms with Gasteiger partial charge in [0.25, 0.3) is 5.91 Å². The third-order valence-corrected chi connectivity index (χ3v) is 2.66. The molecule has 0 spiro atoms. The Morgan fingerprint density at radius 2 is 2.35 bits per heavy atom. The fourth-order valence-electron chi connectivity index (χ4n) is 1.21. The SMILES string of the molecule is N#Cc1cc(N)ccc1NC(=O)c1cnns1. The summed E-state index contributed by atoms with van der Waals surface area (Å²) in [5, 5.41) is 15.1. The van der Waals surface area contributed by atoms with Gasteiger partial charge in [0.15, 0.2) is 0 Å². The van der Waals surface area contributed by atoms with Crippen molar-refractivity contribution in [3.63, 3.8) is 0 Å². The second kappa shape index (κ2) is 4.59. The third-order valence-electron chi connectivity index (χ3n) is 2.00. The molecule has 0 radical (unpaired) electrons. The standard InChI is InChI=1S/C10H7N5OS/c11-4-6-3-7(12)1-2-8(6)14-10(16)9-5-13-15-17-9/h1-3,5H,12H2,(H,14,16). The number of carbonyl (C=O) groups is 1. The number of rotatable bonds is 2. The zero-order chi connectivity index (χ0) is 12.3. The van der Waals surface area contributed by atoms with Gasteiger partial charge in [0.2, 0.25) is 0 Å². The van der Waals surface area contributed by atoms with E-state index < -0.39 is 0 Å². The average molecular weight is 245 g/mol. The van der Waals surface area contributed by atoms with Gasteiger partial charge in [-0.05, 0) is 29.7 Å². The summed E-state index contributed by atoms with van der Waals surface area (Å²) in [6.07, 6.45) is 1.36. The van der Waals surface area contributed by atoms with E-state index in [2.05, 4.69) is 14.9 Å². The van der Waals surface area contributed by atoms with E-state index in [0.717, 1.165) is 11.5 Å². The first-order valence-corrected chi connectivity index (χ1v) is 5.36. The van der Waals surface area contributed by atoms with Crippen LogP contribution < -0.4 is 11.1 Å². The van der Waals surface area contributed by atoms with Crippen molar-refractivity contribution in [1.82, 2.24) is 9.59 Å². The number of carbonyl (C=O) groups excluding carboxylic acids is 1. The van der Waals surface area contributed by atoms with Crippen LogP contribution in [0.1, 0.15) is 15.2 Å². The predicted octanol–water partition coefficient (Wildman–Crippen LogP) is 1.24. The Kier molecular flexibility index (Phi) is 2.98. The number of aromatic nitrogens is 2. The van der Waals surface area contributed by atoms with Crippen molar-refractivity contribution in [2.45, 2.75) is 0 Å². The Hall–Kier alpha value is -2.46.